The van der Waals surface area contributed by atoms with Crippen LogP contribution in [0, 0.1) is 11.8 Å². The molecule has 1 aliphatic heterocycles. The van der Waals surface area contributed by atoms with Gasteiger partial charge in [-0.2, -0.15) is 0 Å². The normalized spacial score (nSPS) is 23.2. The first-order valence-corrected chi connectivity index (χ1v) is 11.8. The number of nitrogens with zero attached hydrogens (tertiary/aromatic N) is 1. The van der Waals surface area contributed by atoms with Crippen LogP contribution in [0.2, 0.25) is 10.0 Å². The molecule has 0 radical (unpaired) electrons. The first-order chi connectivity index (χ1) is 14.6. The lowest BCUT2D eigenvalue weighted by Gasteiger charge is -2.40. The van der Waals surface area contributed by atoms with Crippen LogP contribution in [0.1, 0.15) is 17.9 Å². The van der Waals surface area contributed by atoms with E-state index in [1.54, 1.807) is 0 Å². The van der Waals surface area contributed by atoms with E-state index in [0.717, 1.165) is 40.7 Å². The van der Waals surface area contributed by atoms with Gasteiger partial charge in [-0.05, 0) is 47.9 Å². The number of ether oxygens (including phenoxy) is 1. The molecule has 7 heteroatoms. The molecule has 0 bridgehead atoms. The zero-order valence-corrected chi connectivity index (χ0v) is 18.6. The molecule has 3 unspecified atom stereocenters. The number of amides is 1. The molecule has 156 valence electrons. The molecule has 4 nitrogen and oxygen atoms in total. The highest BCUT2D eigenvalue weighted by molar-refractivity contribution is 7.21. The van der Waals surface area contributed by atoms with Gasteiger partial charge < -0.3 is 15.0 Å². The van der Waals surface area contributed by atoms with Crippen LogP contribution in [0.4, 0.5) is 4.79 Å². The predicted molar refractivity (Wildman–Crippen MR) is 123 cm³/mol. The van der Waals surface area contributed by atoms with Crippen LogP contribution >= 0.6 is 34.5 Å². The zero-order chi connectivity index (χ0) is 20.7. The highest BCUT2D eigenvalue weighted by Gasteiger charge is 2.47. The second-order valence-electron chi connectivity index (χ2n) is 8.09. The molecule has 1 saturated heterocycles. The van der Waals surface area contributed by atoms with Crippen LogP contribution in [0.5, 0.6) is 5.06 Å². The van der Waals surface area contributed by atoms with Crippen molar-refractivity contribution in [3.8, 4) is 5.06 Å². The van der Waals surface area contributed by atoms with E-state index in [1.165, 1.54) is 23.3 Å². The molecule has 5 rings (SSSR count). The SMILES string of the molecule is O=C(NCCN1CC2CC(c3ccc(Cl)cc3)C2C1)Oc1sc2ccccc2c1Cl. The van der Waals surface area contributed by atoms with Crippen molar-refractivity contribution in [2.45, 2.75) is 12.3 Å². The molecule has 1 aromatic heterocycles. The number of fused-ring (bicyclic) bond motifs is 2. The average molecular weight is 461 g/mol. The van der Waals surface area contributed by atoms with E-state index in [-0.39, 0.29) is 0 Å². The molecule has 2 fully saturated rings. The van der Waals surface area contributed by atoms with Gasteiger partial charge in [0.2, 0.25) is 5.06 Å². The predicted octanol–water partition coefficient (Wildman–Crippen LogP) is 6.03. The Morgan fingerprint density at radius 3 is 2.73 bits per heavy atom. The molecule has 1 saturated carbocycles. The lowest BCUT2D eigenvalue weighted by molar-refractivity contribution is 0.191. The lowest BCUT2D eigenvalue weighted by Crippen LogP contribution is -2.35. The van der Waals surface area contributed by atoms with E-state index in [9.17, 15) is 4.79 Å². The first-order valence-electron chi connectivity index (χ1n) is 10.2. The maximum absolute atomic E-state index is 12.2. The van der Waals surface area contributed by atoms with Crippen LogP contribution in [0.15, 0.2) is 48.5 Å². The van der Waals surface area contributed by atoms with Crippen molar-refractivity contribution in [3.05, 3.63) is 64.1 Å². The van der Waals surface area contributed by atoms with Crippen LogP contribution in [-0.4, -0.2) is 37.2 Å². The molecule has 3 atom stereocenters. The molecular weight excluding hydrogens is 439 g/mol. The summed E-state index contributed by atoms with van der Waals surface area (Å²) in [5.41, 5.74) is 1.39. The topological polar surface area (TPSA) is 41.6 Å². The average Bonchev–Trinajstić information content (AvgIpc) is 3.21. The summed E-state index contributed by atoms with van der Waals surface area (Å²) in [5.74, 6) is 2.09. The molecular formula is C23H22Cl2N2O2S. The third-order valence-corrected chi connectivity index (χ3v) is 8.12. The highest BCUT2D eigenvalue weighted by atomic mass is 35.5. The summed E-state index contributed by atoms with van der Waals surface area (Å²) in [5, 5.41) is 5.50. The van der Waals surface area contributed by atoms with E-state index in [1.807, 2.05) is 36.4 Å². The quantitative estimate of drug-likeness (QED) is 0.504. The van der Waals surface area contributed by atoms with E-state index in [0.29, 0.717) is 28.5 Å². The number of nitrogens with one attached hydrogen (secondary N) is 1. The van der Waals surface area contributed by atoms with Crippen molar-refractivity contribution in [1.29, 1.82) is 0 Å². The van der Waals surface area contributed by atoms with Crippen LogP contribution < -0.4 is 10.1 Å². The summed E-state index contributed by atoms with van der Waals surface area (Å²) in [6.07, 6.45) is 0.785. The van der Waals surface area contributed by atoms with Gasteiger partial charge in [0, 0.05) is 41.3 Å². The summed E-state index contributed by atoms with van der Waals surface area (Å²) in [6, 6.07) is 16.0. The second kappa shape index (κ2) is 8.39. The van der Waals surface area contributed by atoms with Gasteiger partial charge in [0.05, 0.1) is 0 Å². The third kappa shape index (κ3) is 3.92. The van der Waals surface area contributed by atoms with Crippen molar-refractivity contribution in [3.63, 3.8) is 0 Å². The highest BCUT2D eigenvalue weighted by Crippen LogP contribution is 2.51. The van der Waals surface area contributed by atoms with Crippen molar-refractivity contribution < 1.29 is 9.53 Å². The van der Waals surface area contributed by atoms with Crippen LogP contribution in [0.25, 0.3) is 10.1 Å². The molecule has 1 amide bonds. The Morgan fingerprint density at radius 2 is 1.93 bits per heavy atom. The number of thiophene rings is 1. The van der Waals surface area contributed by atoms with Crippen molar-refractivity contribution in [2.75, 3.05) is 26.2 Å². The molecule has 3 aromatic rings. The maximum Gasteiger partial charge on any atom is 0.413 e. The summed E-state index contributed by atoms with van der Waals surface area (Å²) >= 11 is 13.7. The molecule has 2 aromatic carbocycles. The Bertz CT molecular complexity index is 1070. The molecule has 2 heterocycles. The smallest absolute Gasteiger partial charge is 0.398 e. The van der Waals surface area contributed by atoms with Gasteiger partial charge in [-0.25, -0.2) is 4.79 Å². The fourth-order valence-electron chi connectivity index (χ4n) is 4.77. The Balaban J connectivity index is 1.09. The Kier molecular flexibility index (Phi) is 5.63. The summed E-state index contributed by atoms with van der Waals surface area (Å²) < 4.78 is 6.45. The summed E-state index contributed by atoms with van der Waals surface area (Å²) in [6.45, 7) is 3.58. The van der Waals surface area contributed by atoms with Crippen molar-refractivity contribution in [2.24, 2.45) is 11.8 Å². The number of benzene rings is 2. The van der Waals surface area contributed by atoms with E-state index >= 15 is 0 Å². The van der Waals surface area contributed by atoms with E-state index < -0.39 is 6.09 Å². The van der Waals surface area contributed by atoms with E-state index in [4.69, 9.17) is 27.9 Å². The molecule has 1 N–H and O–H groups in total. The van der Waals surface area contributed by atoms with Crippen molar-refractivity contribution in [1.82, 2.24) is 10.2 Å². The minimum Gasteiger partial charge on any atom is -0.398 e. The second-order valence-corrected chi connectivity index (χ2v) is 9.92. The number of likely N-dealkylation sites (tertiary alicyclic amines) is 1. The van der Waals surface area contributed by atoms with Gasteiger partial charge in [-0.3, -0.25) is 0 Å². The maximum atomic E-state index is 12.2. The van der Waals surface area contributed by atoms with Gasteiger partial charge in [0.1, 0.15) is 5.02 Å². The standard InChI is InChI=1S/C23H22Cl2N2O2S/c24-16-7-5-14(6-8-16)18-11-15-12-27(13-19(15)18)10-9-26-23(28)29-22-21(25)17-3-1-2-4-20(17)30-22/h1-8,15,18-19H,9-13H2,(H,26,28). The summed E-state index contributed by atoms with van der Waals surface area (Å²) in [4.78, 5) is 14.6. The van der Waals surface area contributed by atoms with Crippen LogP contribution in [0.3, 0.4) is 0 Å². The number of hydrogen-bond acceptors (Lipinski definition) is 4. The molecule has 0 spiro atoms. The van der Waals surface area contributed by atoms with Crippen molar-refractivity contribution >= 4 is 50.7 Å². The van der Waals surface area contributed by atoms with Gasteiger partial charge in [-0.1, -0.05) is 64.9 Å². The van der Waals surface area contributed by atoms with Crippen LogP contribution in [-0.2, 0) is 0 Å². The van der Waals surface area contributed by atoms with Gasteiger partial charge in [0.25, 0.3) is 0 Å². The number of carbonyl (C=O) groups is 1. The fraction of sp³-hybridized carbons (Fsp3) is 0.348. The fourth-order valence-corrected chi connectivity index (χ4v) is 6.21. The number of carbonyl (C=O) groups excluding carboxylic acids is 1. The van der Waals surface area contributed by atoms with Gasteiger partial charge >= 0.3 is 6.09 Å². The first kappa shape index (κ1) is 20.1. The minimum atomic E-state index is -0.454. The Labute approximate surface area is 189 Å². The third-order valence-electron chi connectivity index (χ3n) is 6.33. The van der Waals surface area contributed by atoms with E-state index in [2.05, 4.69) is 22.3 Å². The number of hydrogen-bond donors (Lipinski definition) is 1. The number of halogens is 2. The Hall–Kier alpha value is -1.79. The van der Waals surface area contributed by atoms with Gasteiger partial charge in [0.15, 0.2) is 0 Å². The Morgan fingerprint density at radius 1 is 1.13 bits per heavy atom. The van der Waals surface area contributed by atoms with Gasteiger partial charge in [-0.15, -0.1) is 0 Å². The molecule has 1 aliphatic carbocycles. The largest absolute Gasteiger partial charge is 0.413 e. The monoisotopic (exact) mass is 460 g/mol. The molecule has 30 heavy (non-hydrogen) atoms. The number of rotatable bonds is 5. The minimum absolute atomic E-state index is 0.445. The zero-order valence-electron chi connectivity index (χ0n) is 16.3. The summed E-state index contributed by atoms with van der Waals surface area (Å²) in [7, 11) is 0. The lowest BCUT2D eigenvalue weighted by atomic mass is 9.64. The molecule has 2 aliphatic rings.